The number of hydrogen-bond acceptors (Lipinski definition) is 2. The smallest absolute Gasteiger partial charge is 0.417 e. The van der Waals surface area contributed by atoms with Crippen LogP contribution in [0.15, 0.2) is 24.3 Å². The quantitative estimate of drug-likeness (QED) is 0.876. The molecule has 2 N–H and O–H groups in total. The van der Waals surface area contributed by atoms with Crippen molar-refractivity contribution in [3.63, 3.8) is 0 Å². The van der Waals surface area contributed by atoms with Crippen LogP contribution in [-0.4, -0.2) is 17.6 Å². The Morgan fingerprint density at radius 3 is 2.67 bits per heavy atom. The highest BCUT2D eigenvalue weighted by Crippen LogP contribution is 2.34. The summed E-state index contributed by atoms with van der Waals surface area (Å²) in [7, 11) is 0. The van der Waals surface area contributed by atoms with Crippen LogP contribution in [0.2, 0.25) is 0 Å². The Kier molecular flexibility index (Phi) is 4.36. The van der Waals surface area contributed by atoms with Gasteiger partial charge in [0.05, 0.1) is 5.56 Å². The van der Waals surface area contributed by atoms with Crippen LogP contribution in [0.4, 0.5) is 13.2 Å². The maximum Gasteiger partial charge on any atom is 0.417 e. The Morgan fingerprint density at radius 2 is 2.11 bits per heavy atom. The van der Waals surface area contributed by atoms with Gasteiger partial charge in [-0.3, -0.25) is 4.79 Å². The van der Waals surface area contributed by atoms with Gasteiger partial charge in [0.2, 0.25) is 5.91 Å². The van der Waals surface area contributed by atoms with Crippen LogP contribution in [0.5, 0.6) is 5.75 Å². The number of halogens is 3. The molecule has 0 unspecified atom stereocenters. The molecule has 6 heteroatoms. The predicted octanol–water partition coefficient (Wildman–Crippen LogP) is 2.56. The number of phenols is 1. The van der Waals surface area contributed by atoms with Crippen molar-refractivity contribution in [3.05, 3.63) is 35.4 Å². The summed E-state index contributed by atoms with van der Waals surface area (Å²) < 4.78 is 38.0. The van der Waals surface area contributed by atoms with E-state index in [1.165, 1.54) is 31.2 Å². The van der Waals surface area contributed by atoms with Gasteiger partial charge in [0, 0.05) is 13.5 Å². The SMILES string of the molecule is CC(=O)NCC=Cc1ccc(O)cc1C(F)(F)F. The first kappa shape index (κ1) is 14.1. The molecule has 18 heavy (non-hydrogen) atoms. The van der Waals surface area contributed by atoms with Crippen LogP contribution < -0.4 is 5.32 Å². The highest BCUT2D eigenvalue weighted by atomic mass is 19.4. The second kappa shape index (κ2) is 5.57. The summed E-state index contributed by atoms with van der Waals surface area (Å²) in [5.41, 5.74) is -0.979. The molecule has 0 fully saturated rings. The van der Waals surface area contributed by atoms with Gasteiger partial charge >= 0.3 is 6.18 Å². The fourth-order valence-electron chi connectivity index (χ4n) is 1.32. The summed E-state index contributed by atoms with van der Waals surface area (Å²) in [4.78, 5) is 10.6. The second-order valence-corrected chi connectivity index (χ2v) is 3.61. The molecule has 0 aliphatic carbocycles. The van der Waals surface area contributed by atoms with Crippen molar-refractivity contribution >= 4 is 12.0 Å². The first-order valence-electron chi connectivity index (χ1n) is 5.12. The molecule has 0 aliphatic heterocycles. The Hall–Kier alpha value is -1.98. The first-order chi connectivity index (χ1) is 8.30. The molecule has 0 spiro atoms. The average Bonchev–Trinajstić information content (AvgIpc) is 2.24. The van der Waals surface area contributed by atoms with E-state index >= 15 is 0 Å². The fraction of sp³-hybridized carbons (Fsp3) is 0.250. The van der Waals surface area contributed by atoms with E-state index in [2.05, 4.69) is 5.32 Å². The number of phenolic OH excluding ortho intramolecular Hbond substituents is 1. The number of benzene rings is 1. The van der Waals surface area contributed by atoms with Crippen LogP contribution in [0, 0.1) is 0 Å². The van der Waals surface area contributed by atoms with Crippen molar-refractivity contribution in [1.29, 1.82) is 0 Å². The molecule has 0 radical (unpaired) electrons. The van der Waals surface area contributed by atoms with E-state index < -0.39 is 17.5 Å². The molecule has 1 amide bonds. The number of alkyl halides is 3. The fourth-order valence-corrected chi connectivity index (χ4v) is 1.32. The Balaban J connectivity index is 2.92. The zero-order valence-corrected chi connectivity index (χ0v) is 9.58. The van der Waals surface area contributed by atoms with Gasteiger partial charge < -0.3 is 10.4 Å². The summed E-state index contributed by atoms with van der Waals surface area (Å²) in [5, 5.41) is 11.5. The molecule has 0 heterocycles. The van der Waals surface area contributed by atoms with Crippen molar-refractivity contribution in [1.82, 2.24) is 5.32 Å². The molecule has 3 nitrogen and oxygen atoms in total. The molecule has 0 bridgehead atoms. The standard InChI is InChI=1S/C12H12F3NO2/c1-8(17)16-6-2-3-9-4-5-10(18)7-11(9)12(13,14)15/h2-5,7,18H,6H2,1H3,(H,16,17). The Morgan fingerprint density at radius 1 is 1.44 bits per heavy atom. The second-order valence-electron chi connectivity index (χ2n) is 3.61. The summed E-state index contributed by atoms with van der Waals surface area (Å²) >= 11 is 0. The van der Waals surface area contributed by atoms with E-state index in [9.17, 15) is 18.0 Å². The highest BCUT2D eigenvalue weighted by Gasteiger charge is 2.33. The van der Waals surface area contributed by atoms with Gasteiger partial charge in [-0.05, 0) is 17.7 Å². The normalized spacial score (nSPS) is 11.8. The number of carbonyl (C=O) groups is 1. The van der Waals surface area contributed by atoms with Gasteiger partial charge in [-0.2, -0.15) is 13.2 Å². The lowest BCUT2D eigenvalue weighted by Crippen LogP contribution is -2.19. The number of rotatable bonds is 3. The molecule has 0 aromatic heterocycles. The minimum Gasteiger partial charge on any atom is -0.508 e. The maximum absolute atomic E-state index is 12.7. The third-order valence-corrected chi connectivity index (χ3v) is 2.11. The third-order valence-electron chi connectivity index (χ3n) is 2.11. The molecular formula is C12H12F3NO2. The van der Waals surface area contributed by atoms with Crippen molar-refractivity contribution in [2.24, 2.45) is 0 Å². The van der Waals surface area contributed by atoms with E-state index in [4.69, 9.17) is 5.11 Å². The van der Waals surface area contributed by atoms with Gasteiger partial charge in [-0.25, -0.2) is 0 Å². The van der Waals surface area contributed by atoms with Crippen molar-refractivity contribution in [2.75, 3.05) is 6.54 Å². The van der Waals surface area contributed by atoms with Gasteiger partial charge in [0.25, 0.3) is 0 Å². The number of nitrogens with one attached hydrogen (secondary N) is 1. The highest BCUT2D eigenvalue weighted by molar-refractivity contribution is 5.73. The van der Waals surface area contributed by atoms with Crippen LogP contribution in [0.3, 0.4) is 0 Å². The minimum absolute atomic E-state index is 0.0642. The number of amides is 1. The summed E-state index contributed by atoms with van der Waals surface area (Å²) in [5.74, 6) is -0.706. The van der Waals surface area contributed by atoms with Gasteiger partial charge in [0.15, 0.2) is 0 Å². The summed E-state index contributed by atoms with van der Waals surface area (Å²) in [6.45, 7) is 1.46. The Bertz CT molecular complexity index is 467. The van der Waals surface area contributed by atoms with Crippen LogP contribution in [0.1, 0.15) is 18.1 Å². The van der Waals surface area contributed by atoms with E-state index in [1.54, 1.807) is 0 Å². The number of carbonyl (C=O) groups excluding carboxylic acids is 1. The molecule has 0 atom stereocenters. The first-order valence-corrected chi connectivity index (χ1v) is 5.12. The number of aromatic hydroxyl groups is 1. The molecule has 0 saturated carbocycles. The lowest BCUT2D eigenvalue weighted by molar-refractivity contribution is -0.137. The van der Waals surface area contributed by atoms with Gasteiger partial charge in [0.1, 0.15) is 5.75 Å². The minimum atomic E-state index is -4.54. The lowest BCUT2D eigenvalue weighted by Gasteiger charge is -2.10. The molecule has 1 aromatic carbocycles. The zero-order chi connectivity index (χ0) is 13.8. The lowest BCUT2D eigenvalue weighted by atomic mass is 10.1. The van der Waals surface area contributed by atoms with Crippen LogP contribution in [0.25, 0.3) is 6.08 Å². The molecule has 98 valence electrons. The van der Waals surface area contributed by atoms with Crippen molar-refractivity contribution < 1.29 is 23.1 Å². The zero-order valence-electron chi connectivity index (χ0n) is 9.58. The van der Waals surface area contributed by atoms with E-state index in [-0.39, 0.29) is 18.0 Å². The third kappa shape index (κ3) is 4.12. The monoisotopic (exact) mass is 259 g/mol. The molecular weight excluding hydrogens is 247 g/mol. The van der Waals surface area contributed by atoms with Crippen LogP contribution >= 0.6 is 0 Å². The predicted molar refractivity (Wildman–Crippen MR) is 60.8 cm³/mol. The summed E-state index contributed by atoms with van der Waals surface area (Å²) in [6.07, 6.45) is -1.88. The molecule has 1 aromatic rings. The Labute approximate surface area is 102 Å². The van der Waals surface area contributed by atoms with Crippen molar-refractivity contribution in [3.8, 4) is 5.75 Å². The maximum atomic E-state index is 12.7. The molecule has 0 aliphatic rings. The average molecular weight is 259 g/mol. The van der Waals surface area contributed by atoms with E-state index in [0.717, 1.165) is 0 Å². The van der Waals surface area contributed by atoms with Gasteiger partial charge in [-0.15, -0.1) is 0 Å². The van der Waals surface area contributed by atoms with E-state index in [1.807, 2.05) is 0 Å². The van der Waals surface area contributed by atoms with Crippen LogP contribution in [-0.2, 0) is 11.0 Å². The topological polar surface area (TPSA) is 49.3 Å². The largest absolute Gasteiger partial charge is 0.508 e. The molecule has 1 rings (SSSR count). The van der Waals surface area contributed by atoms with Gasteiger partial charge in [-0.1, -0.05) is 18.2 Å². The number of hydrogen-bond donors (Lipinski definition) is 2. The van der Waals surface area contributed by atoms with Crippen molar-refractivity contribution in [2.45, 2.75) is 13.1 Å². The molecule has 0 saturated heterocycles. The van der Waals surface area contributed by atoms with E-state index in [0.29, 0.717) is 6.07 Å². The summed E-state index contributed by atoms with van der Waals surface area (Å²) in [6, 6.07) is 3.01.